The number of rotatable bonds is 7. The number of carbonyl (C=O) groups is 1. The minimum Gasteiger partial charge on any atom is -0.465 e. The van der Waals surface area contributed by atoms with Gasteiger partial charge in [-0.3, -0.25) is 3.97 Å². The number of benzene rings is 4. The highest BCUT2D eigenvalue weighted by Crippen LogP contribution is 2.45. The van der Waals surface area contributed by atoms with E-state index in [-0.39, 0.29) is 16.0 Å². The van der Waals surface area contributed by atoms with E-state index in [1.54, 1.807) is 42.6 Å². The molecular weight excluding hydrogens is 637 g/mol. The lowest BCUT2D eigenvalue weighted by Crippen LogP contribution is -2.07. The number of nitrogens with zero attached hydrogens (tertiary/aromatic N) is 2. The van der Waals surface area contributed by atoms with Gasteiger partial charge in [0.05, 0.1) is 28.8 Å². The fourth-order valence-corrected chi connectivity index (χ4v) is 7.43. The molecule has 0 saturated heterocycles. The molecule has 0 N–H and O–H groups in total. The Morgan fingerprint density at radius 3 is 2.39 bits per heavy atom. The highest BCUT2D eigenvalue weighted by molar-refractivity contribution is 7.83. The number of esters is 1. The van der Waals surface area contributed by atoms with E-state index in [4.69, 9.17) is 4.74 Å². The summed E-state index contributed by atoms with van der Waals surface area (Å²) in [7, 11) is -0.855. The van der Waals surface area contributed by atoms with E-state index in [0.717, 1.165) is 0 Å². The van der Waals surface area contributed by atoms with Crippen molar-refractivity contribution in [1.82, 2.24) is 3.97 Å². The Morgan fingerprint density at radius 1 is 0.957 bits per heavy atom. The van der Waals surface area contributed by atoms with Crippen LogP contribution in [0.5, 0.6) is 0 Å². The van der Waals surface area contributed by atoms with Gasteiger partial charge in [-0.05, 0) is 83.6 Å². The first-order valence-corrected chi connectivity index (χ1v) is 15.7. The Bertz CT molecular complexity index is 2220. The van der Waals surface area contributed by atoms with Crippen LogP contribution in [-0.4, -0.2) is 21.3 Å². The minimum atomic E-state index is -2.71. The molecule has 0 spiro atoms. The Labute approximate surface area is 267 Å². The van der Waals surface area contributed by atoms with Gasteiger partial charge in [-0.15, -0.1) is 11.3 Å². The van der Waals surface area contributed by atoms with Gasteiger partial charge in [0.2, 0.25) is 0 Å². The zero-order chi connectivity index (χ0) is 32.7. The van der Waals surface area contributed by atoms with Gasteiger partial charge in [0, 0.05) is 27.6 Å². The Hall–Kier alpha value is -5.05. The van der Waals surface area contributed by atoms with E-state index < -0.39 is 35.0 Å². The first-order chi connectivity index (χ1) is 22.1. The number of halogens is 4. The highest BCUT2D eigenvalue weighted by atomic mass is 32.2. The monoisotopic (exact) mass is 658 g/mol. The van der Waals surface area contributed by atoms with Crippen LogP contribution in [0.1, 0.15) is 32.8 Å². The van der Waals surface area contributed by atoms with Crippen molar-refractivity contribution in [1.29, 1.82) is 5.26 Å². The first kappa shape index (κ1) is 31.0. The molecular formula is C35H22F4N2O3S2. The standard InChI is InChI=1S/C35H22F4N2O3S2/c1-19-14-27(35(42)44-2)29(37)17-26(19)21-4-3-5-22(15-21)33-32(25-12-13-45-31(25)18-40)28-16-23(36)8-11-30(28)41(33)46(43)24-9-6-20(7-10-24)34(38)39/h3-17,34H,1-2H3. The van der Waals surface area contributed by atoms with Gasteiger partial charge in [0.25, 0.3) is 6.43 Å². The van der Waals surface area contributed by atoms with Crippen LogP contribution >= 0.6 is 11.3 Å². The van der Waals surface area contributed by atoms with Gasteiger partial charge >= 0.3 is 5.97 Å². The van der Waals surface area contributed by atoms with Crippen LogP contribution in [0.2, 0.25) is 0 Å². The van der Waals surface area contributed by atoms with E-state index in [2.05, 4.69) is 6.07 Å². The minimum absolute atomic E-state index is 0.209. The number of aryl methyl sites for hydroxylation is 1. The fourth-order valence-electron chi connectivity index (χ4n) is 5.46. The van der Waals surface area contributed by atoms with E-state index in [1.165, 1.54) is 77.0 Å². The smallest absolute Gasteiger partial charge is 0.340 e. The number of thiophene rings is 1. The Kier molecular flexibility index (Phi) is 8.34. The molecule has 0 saturated carbocycles. The quantitative estimate of drug-likeness (QED) is 0.127. The molecule has 0 amide bonds. The maximum atomic E-state index is 15.1. The molecule has 0 aliphatic rings. The largest absolute Gasteiger partial charge is 0.465 e. The molecule has 0 bridgehead atoms. The average molecular weight is 659 g/mol. The molecule has 1 atom stereocenters. The van der Waals surface area contributed by atoms with Crippen molar-refractivity contribution in [3.8, 4) is 39.6 Å². The molecule has 230 valence electrons. The van der Waals surface area contributed by atoms with Crippen molar-refractivity contribution in [2.24, 2.45) is 0 Å². The van der Waals surface area contributed by atoms with E-state index in [1.807, 2.05) is 0 Å². The molecule has 2 aromatic heterocycles. The average Bonchev–Trinajstić information content (AvgIpc) is 3.66. The maximum Gasteiger partial charge on any atom is 0.340 e. The third-order valence-electron chi connectivity index (χ3n) is 7.59. The second kappa shape index (κ2) is 12.4. The SMILES string of the molecule is COC(=O)c1cc(C)c(-c2cccc(-c3c(-c4ccsc4C#N)c4cc(F)ccc4n3S(=O)c3ccc(C(F)F)cc3)c2)cc1F. The lowest BCUT2D eigenvalue weighted by Gasteiger charge is -2.15. The number of hydrogen-bond acceptors (Lipinski definition) is 5. The summed E-state index contributed by atoms with van der Waals surface area (Å²) in [5.74, 6) is -2.13. The molecule has 0 aliphatic carbocycles. The first-order valence-electron chi connectivity index (χ1n) is 13.7. The van der Waals surface area contributed by atoms with Gasteiger partial charge in [-0.25, -0.2) is 26.6 Å². The summed E-state index contributed by atoms with van der Waals surface area (Å²) in [5.41, 5.74) is 3.42. The van der Waals surface area contributed by atoms with E-state index >= 15 is 4.39 Å². The number of ether oxygens (including phenoxy) is 1. The summed E-state index contributed by atoms with van der Waals surface area (Å²) in [6.07, 6.45) is -2.71. The summed E-state index contributed by atoms with van der Waals surface area (Å²) in [4.78, 5) is 12.6. The lowest BCUT2D eigenvalue weighted by molar-refractivity contribution is 0.0595. The molecule has 0 radical (unpaired) electrons. The molecule has 46 heavy (non-hydrogen) atoms. The van der Waals surface area contributed by atoms with Crippen LogP contribution in [0, 0.1) is 29.9 Å². The number of carbonyl (C=O) groups excluding carboxylic acids is 1. The van der Waals surface area contributed by atoms with Crippen molar-refractivity contribution < 1.29 is 31.3 Å². The third kappa shape index (κ3) is 5.40. The van der Waals surface area contributed by atoms with Crippen LogP contribution in [0.4, 0.5) is 17.6 Å². The molecule has 2 heterocycles. The van der Waals surface area contributed by atoms with E-state index in [0.29, 0.717) is 54.9 Å². The summed E-state index contributed by atoms with van der Waals surface area (Å²) in [6.45, 7) is 1.72. The number of methoxy groups -OCH3 is 1. The number of alkyl halides is 2. The molecule has 5 nitrogen and oxygen atoms in total. The number of aromatic nitrogens is 1. The normalized spacial score (nSPS) is 12.0. The predicted octanol–water partition coefficient (Wildman–Crippen LogP) is 9.46. The van der Waals surface area contributed by atoms with Crippen LogP contribution in [0.25, 0.3) is 44.4 Å². The Morgan fingerprint density at radius 2 is 1.70 bits per heavy atom. The zero-order valence-electron chi connectivity index (χ0n) is 24.2. The second-order valence-corrected chi connectivity index (χ2v) is 12.5. The molecule has 4 aromatic carbocycles. The van der Waals surface area contributed by atoms with Gasteiger partial charge in [-0.2, -0.15) is 5.26 Å². The van der Waals surface area contributed by atoms with Crippen LogP contribution < -0.4 is 0 Å². The molecule has 0 fully saturated rings. The number of nitriles is 1. The highest BCUT2D eigenvalue weighted by Gasteiger charge is 2.27. The second-order valence-electron chi connectivity index (χ2n) is 10.3. The fraction of sp³-hybridized carbons (Fsp3) is 0.0857. The van der Waals surface area contributed by atoms with Crippen LogP contribution in [-0.2, 0) is 15.7 Å². The van der Waals surface area contributed by atoms with Crippen molar-refractivity contribution in [2.75, 3.05) is 7.11 Å². The molecule has 6 aromatic rings. The van der Waals surface area contributed by atoms with Gasteiger partial charge in [0.15, 0.2) is 11.0 Å². The number of fused-ring (bicyclic) bond motifs is 1. The van der Waals surface area contributed by atoms with Crippen molar-refractivity contribution in [3.05, 3.63) is 124 Å². The maximum absolute atomic E-state index is 15.1. The van der Waals surface area contributed by atoms with Gasteiger partial charge in [-0.1, -0.05) is 30.3 Å². The third-order valence-corrected chi connectivity index (χ3v) is 9.79. The summed E-state index contributed by atoms with van der Waals surface area (Å²) in [6, 6.07) is 22.6. The molecule has 6 rings (SSSR count). The molecule has 11 heteroatoms. The molecule has 0 aliphatic heterocycles. The summed E-state index contributed by atoms with van der Waals surface area (Å²) < 4.78 is 77.1. The zero-order valence-corrected chi connectivity index (χ0v) is 25.8. The predicted molar refractivity (Wildman–Crippen MR) is 170 cm³/mol. The van der Waals surface area contributed by atoms with Crippen molar-refractivity contribution in [2.45, 2.75) is 18.2 Å². The summed E-state index contributed by atoms with van der Waals surface area (Å²) >= 11 is 1.20. The van der Waals surface area contributed by atoms with Gasteiger partial charge < -0.3 is 4.74 Å². The van der Waals surface area contributed by atoms with E-state index in [9.17, 15) is 27.4 Å². The van der Waals surface area contributed by atoms with Crippen molar-refractivity contribution >= 4 is 39.2 Å². The summed E-state index contributed by atoms with van der Waals surface area (Å²) in [5, 5.41) is 12.1. The topological polar surface area (TPSA) is 72.1 Å². The van der Waals surface area contributed by atoms with Gasteiger partial charge in [0.1, 0.15) is 22.6 Å². The lowest BCUT2D eigenvalue weighted by atomic mass is 9.94. The van der Waals surface area contributed by atoms with Crippen molar-refractivity contribution in [3.63, 3.8) is 0 Å². The van der Waals surface area contributed by atoms with Crippen LogP contribution in [0.3, 0.4) is 0 Å². The number of hydrogen-bond donors (Lipinski definition) is 0. The molecule has 1 unspecified atom stereocenters. The van der Waals surface area contributed by atoms with Crippen LogP contribution in [0.15, 0.2) is 95.2 Å². The Balaban J connectivity index is 1.65.